The Labute approximate surface area is 85.4 Å². The maximum atomic E-state index is 4.37. The number of aryl methyl sites for hydroxylation is 1. The summed E-state index contributed by atoms with van der Waals surface area (Å²) in [4.78, 5) is 8.66. The van der Waals surface area contributed by atoms with Crippen LogP contribution >= 0.6 is 0 Å². The van der Waals surface area contributed by atoms with Crippen molar-refractivity contribution in [1.82, 2.24) is 4.98 Å². The Bertz CT molecular complexity index is 385. The lowest BCUT2D eigenvalue weighted by Gasteiger charge is -2.05. The molecule has 1 heterocycles. The van der Waals surface area contributed by atoms with Crippen LogP contribution in [0.25, 0.3) is 5.57 Å². The average Bonchev–Trinajstić information content (AvgIpc) is 2.07. The quantitative estimate of drug-likeness (QED) is 0.652. The van der Waals surface area contributed by atoms with Crippen LogP contribution in [-0.4, -0.2) is 10.7 Å². The maximum absolute atomic E-state index is 4.37. The highest BCUT2D eigenvalue weighted by Crippen LogP contribution is 2.23. The van der Waals surface area contributed by atoms with Crippen molar-refractivity contribution in [3.63, 3.8) is 0 Å². The minimum absolute atomic E-state index is 0.767. The molecule has 0 bridgehead atoms. The van der Waals surface area contributed by atoms with Crippen LogP contribution in [0.15, 0.2) is 23.8 Å². The van der Waals surface area contributed by atoms with E-state index in [0.717, 1.165) is 28.2 Å². The number of aliphatic imine (C=N–C) groups is 1. The number of allylic oxidation sites excluding steroid dienone is 1. The number of pyridine rings is 1. The molecule has 2 heteroatoms. The Balaban J connectivity index is 3.29. The van der Waals surface area contributed by atoms with Crippen LogP contribution in [0.3, 0.4) is 0 Å². The molecule has 0 amide bonds. The van der Waals surface area contributed by atoms with Gasteiger partial charge in [0.15, 0.2) is 5.82 Å². The first-order chi connectivity index (χ1) is 6.50. The fraction of sp³-hybridized carbons (Fsp3) is 0.333. The molecule has 0 spiro atoms. The van der Waals surface area contributed by atoms with Crippen molar-refractivity contribution in [1.29, 1.82) is 0 Å². The Kier molecular flexibility index (Phi) is 3.18. The van der Waals surface area contributed by atoms with E-state index in [1.807, 2.05) is 33.9 Å². The van der Waals surface area contributed by atoms with Gasteiger partial charge in [0.2, 0.25) is 0 Å². The normalized spacial score (nSPS) is 9.71. The highest BCUT2D eigenvalue weighted by Gasteiger charge is 2.03. The molecule has 1 aromatic heterocycles. The predicted molar refractivity (Wildman–Crippen MR) is 62.1 cm³/mol. The molecule has 0 atom stereocenters. The van der Waals surface area contributed by atoms with E-state index in [2.05, 4.69) is 22.6 Å². The molecule has 0 saturated carbocycles. The van der Waals surface area contributed by atoms with E-state index in [0.29, 0.717) is 0 Å². The summed E-state index contributed by atoms with van der Waals surface area (Å²) in [5, 5.41) is 0. The second-order valence-electron chi connectivity index (χ2n) is 3.72. The van der Waals surface area contributed by atoms with Gasteiger partial charge >= 0.3 is 0 Å². The molecule has 0 aromatic carbocycles. The van der Waals surface area contributed by atoms with Gasteiger partial charge in [-0.15, -0.1) is 0 Å². The second-order valence-corrected chi connectivity index (χ2v) is 3.72. The Morgan fingerprint density at radius 2 is 2.00 bits per heavy atom. The van der Waals surface area contributed by atoms with E-state index in [4.69, 9.17) is 0 Å². The van der Waals surface area contributed by atoms with Gasteiger partial charge in [-0.3, -0.25) is 0 Å². The molecule has 1 aromatic rings. The molecule has 2 nitrogen and oxygen atoms in total. The molecule has 0 unspecified atom stereocenters. The highest BCUT2D eigenvalue weighted by atomic mass is 14.9. The molecule has 0 aliphatic heterocycles. The lowest BCUT2D eigenvalue weighted by molar-refractivity contribution is 1.21. The van der Waals surface area contributed by atoms with Gasteiger partial charge in [0.25, 0.3) is 0 Å². The summed E-state index contributed by atoms with van der Waals surface area (Å²) in [5.41, 5.74) is 4.17. The topological polar surface area (TPSA) is 25.2 Å². The summed E-state index contributed by atoms with van der Waals surface area (Å²) in [6.45, 7) is 11.8. The van der Waals surface area contributed by atoms with Gasteiger partial charge in [-0.25, -0.2) is 9.98 Å². The molecule has 0 saturated heterocycles. The van der Waals surface area contributed by atoms with Crippen molar-refractivity contribution in [3.8, 4) is 0 Å². The van der Waals surface area contributed by atoms with Crippen molar-refractivity contribution in [3.05, 3.63) is 30.0 Å². The van der Waals surface area contributed by atoms with Crippen molar-refractivity contribution in [2.45, 2.75) is 27.7 Å². The number of rotatable bonds is 2. The van der Waals surface area contributed by atoms with E-state index in [9.17, 15) is 0 Å². The number of hydrogen-bond acceptors (Lipinski definition) is 2. The fourth-order valence-corrected chi connectivity index (χ4v) is 1.18. The molecular weight excluding hydrogens is 172 g/mol. The van der Waals surface area contributed by atoms with E-state index in [1.165, 1.54) is 0 Å². The van der Waals surface area contributed by atoms with Gasteiger partial charge < -0.3 is 0 Å². The number of hydrogen-bond donors (Lipinski definition) is 0. The van der Waals surface area contributed by atoms with E-state index >= 15 is 0 Å². The molecule has 0 aliphatic rings. The van der Waals surface area contributed by atoms with E-state index < -0.39 is 0 Å². The van der Waals surface area contributed by atoms with Gasteiger partial charge in [-0.2, -0.15) is 0 Å². The first-order valence-electron chi connectivity index (χ1n) is 4.65. The third-order valence-electron chi connectivity index (χ3n) is 1.79. The van der Waals surface area contributed by atoms with Crippen LogP contribution in [0.4, 0.5) is 5.82 Å². The monoisotopic (exact) mass is 188 g/mol. The van der Waals surface area contributed by atoms with Gasteiger partial charge in [-0.05, 0) is 44.9 Å². The number of aromatic nitrogens is 1. The summed E-state index contributed by atoms with van der Waals surface area (Å²) < 4.78 is 0. The molecule has 74 valence electrons. The largest absolute Gasteiger partial charge is 0.238 e. The van der Waals surface area contributed by atoms with Gasteiger partial charge in [0.1, 0.15) is 0 Å². The molecule has 0 aliphatic carbocycles. The smallest absolute Gasteiger partial charge is 0.159 e. The molecule has 14 heavy (non-hydrogen) atoms. The van der Waals surface area contributed by atoms with Crippen molar-refractivity contribution >= 4 is 17.1 Å². The predicted octanol–water partition coefficient (Wildman–Crippen LogP) is 3.54. The minimum Gasteiger partial charge on any atom is -0.238 e. The van der Waals surface area contributed by atoms with Gasteiger partial charge in [-0.1, -0.05) is 6.58 Å². The lowest BCUT2D eigenvalue weighted by atomic mass is 10.1. The fourth-order valence-electron chi connectivity index (χ4n) is 1.18. The summed E-state index contributed by atoms with van der Waals surface area (Å²) >= 11 is 0. The third-order valence-corrected chi connectivity index (χ3v) is 1.79. The van der Waals surface area contributed by atoms with Crippen LogP contribution in [0.1, 0.15) is 31.9 Å². The summed E-state index contributed by atoms with van der Waals surface area (Å²) in [5.74, 6) is 0.767. The molecule has 0 radical (unpaired) electrons. The van der Waals surface area contributed by atoms with Crippen molar-refractivity contribution in [2.24, 2.45) is 4.99 Å². The van der Waals surface area contributed by atoms with Crippen LogP contribution in [-0.2, 0) is 0 Å². The van der Waals surface area contributed by atoms with Crippen LogP contribution < -0.4 is 0 Å². The van der Waals surface area contributed by atoms with Crippen LogP contribution in [0.2, 0.25) is 0 Å². The SMILES string of the molecule is C=C(C)c1cc(C)cnc1N=C(C)C. The lowest BCUT2D eigenvalue weighted by Crippen LogP contribution is -1.89. The number of nitrogens with zero attached hydrogens (tertiary/aromatic N) is 2. The second kappa shape index (κ2) is 4.18. The van der Waals surface area contributed by atoms with Crippen molar-refractivity contribution in [2.75, 3.05) is 0 Å². The van der Waals surface area contributed by atoms with E-state index in [-0.39, 0.29) is 0 Å². The summed E-state index contributed by atoms with van der Waals surface area (Å²) in [6, 6.07) is 2.07. The zero-order chi connectivity index (χ0) is 10.7. The standard InChI is InChI=1S/C12H16N2/c1-8(2)11-6-10(5)7-13-12(11)14-9(3)4/h6-7H,1H2,2-5H3. The Morgan fingerprint density at radius 3 is 2.50 bits per heavy atom. The molecule has 0 fully saturated rings. The average molecular weight is 188 g/mol. The van der Waals surface area contributed by atoms with Gasteiger partial charge in [0, 0.05) is 17.5 Å². The van der Waals surface area contributed by atoms with E-state index in [1.54, 1.807) is 0 Å². The zero-order valence-electron chi connectivity index (χ0n) is 9.26. The first-order valence-corrected chi connectivity index (χ1v) is 4.65. The maximum Gasteiger partial charge on any atom is 0.159 e. The van der Waals surface area contributed by atoms with Gasteiger partial charge in [0.05, 0.1) is 0 Å². The summed E-state index contributed by atoms with van der Waals surface area (Å²) in [6.07, 6.45) is 1.83. The zero-order valence-corrected chi connectivity index (χ0v) is 9.26. The minimum atomic E-state index is 0.767. The molecule has 0 N–H and O–H groups in total. The Hall–Kier alpha value is -1.44. The van der Waals surface area contributed by atoms with Crippen LogP contribution in [0.5, 0.6) is 0 Å². The Morgan fingerprint density at radius 1 is 1.36 bits per heavy atom. The molecule has 1 rings (SSSR count). The van der Waals surface area contributed by atoms with Crippen LogP contribution in [0, 0.1) is 6.92 Å². The summed E-state index contributed by atoms with van der Waals surface area (Å²) in [7, 11) is 0. The third kappa shape index (κ3) is 2.52. The highest BCUT2D eigenvalue weighted by molar-refractivity contribution is 5.83. The van der Waals surface area contributed by atoms with Crippen molar-refractivity contribution < 1.29 is 0 Å². The molecular formula is C12H16N2. The first kappa shape index (κ1) is 10.6.